The first-order chi connectivity index (χ1) is 7.20. The van der Waals surface area contributed by atoms with Crippen LogP contribution in [-0.4, -0.2) is 9.78 Å². The first-order valence-electron chi connectivity index (χ1n) is 4.69. The van der Waals surface area contributed by atoms with Crippen LogP contribution in [0.3, 0.4) is 0 Å². The van der Waals surface area contributed by atoms with E-state index in [4.69, 9.17) is 17.3 Å². The van der Waals surface area contributed by atoms with Gasteiger partial charge in [0.2, 0.25) is 0 Å². The number of rotatable bonds is 2. The minimum atomic E-state index is 0.482. The molecule has 78 valence electrons. The Hall–Kier alpha value is -1.32. The van der Waals surface area contributed by atoms with Crippen molar-refractivity contribution < 1.29 is 0 Å². The van der Waals surface area contributed by atoms with Gasteiger partial charge in [0.1, 0.15) is 0 Å². The normalized spacial score (nSPS) is 10.6. The number of hydrogen-bond acceptors (Lipinski definition) is 2. The molecular weight excluding hydrogens is 210 g/mol. The predicted octanol–water partition coefficient (Wildman–Crippen LogP) is 2.20. The van der Waals surface area contributed by atoms with Crippen LogP contribution >= 0.6 is 11.6 Å². The van der Waals surface area contributed by atoms with Crippen molar-refractivity contribution in [3.8, 4) is 11.3 Å². The van der Waals surface area contributed by atoms with E-state index in [9.17, 15) is 0 Å². The number of aryl methyl sites for hydroxylation is 1. The maximum Gasteiger partial charge on any atom is 0.0968 e. The summed E-state index contributed by atoms with van der Waals surface area (Å²) < 4.78 is 1.76. The lowest BCUT2D eigenvalue weighted by Crippen LogP contribution is -1.96. The van der Waals surface area contributed by atoms with E-state index in [0.717, 1.165) is 16.8 Å². The number of nitrogens with zero attached hydrogens (tertiary/aromatic N) is 2. The third-order valence-corrected chi connectivity index (χ3v) is 2.46. The second kappa shape index (κ2) is 4.04. The average Bonchev–Trinajstić information content (AvgIpc) is 2.59. The summed E-state index contributed by atoms with van der Waals surface area (Å²) in [5.74, 6) is 0. The molecule has 15 heavy (non-hydrogen) atoms. The van der Waals surface area contributed by atoms with Gasteiger partial charge in [-0.2, -0.15) is 5.10 Å². The van der Waals surface area contributed by atoms with Crippen LogP contribution in [0, 0.1) is 0 Å². The molecule has 0 aliphatic carbocycles. The minimum absolute atomic E-state index is 0.482. The second-order valence-corrected chi connectivity index (χ2v) is 3.83. The first kappa shape index (κ1) is 10.2. The van der Waals surface area contributed by atoms with Crippen molar-refractivity contribution in [2.45, 2.75) is 6.54 Å². The van der Waals surface area contributed by atoms with Gasteiger partial charge in [0.15, 0.2) is 0 Å². The van der Waals surface area contributed by atoms with Gasteiger partial charge in [-0.3, -0.25) is 4.68 Å². The van der Waals surface area contributed by atoms with Crippen molar-refractivity contribution in [3.05, 3.63) is 41.0 Å². The molecule has 2 rings (SSSR count). The topological polar surface area (TPSA) is 43.8 Å². The number of benzene rings is 1. The molecule has 0 saturated heterocycles. The Morgan fingerprint density at radius 3 is 2.93 bits per heavy atom. The van der Waals surface area contributed by atoms with E-state index in [-0.39, 0.29) is 0 Å². The molecule has 0 atom stereocenters. The third-order valence-electron chi connectivity index (χ3n) is 2.22. The second-order valence-electron chi connectivity index (χ2n) is 3.39. The van der Waals surface area contributed by atoms with Crippen LogP contribution in [0.5, 0.6) is 0 Å². The fourth-order valence-electron chi connectivity index (χ4n) is 1.57. The summed E-state index contributed by atoms with van der Waals surface area (Å²) in [6.45, 7) is 0.482. The fraction of sp³-hybridized carbons (Fsp3) is 0.182. The van der Waals surface area contributed by atoms with Gasteiger partial charge in [0.05, 0.1) is 5.69 Å². The zero-order valence-corrected chi connectivity index (χ0v) is 9.20. The predicted molar refractivity (Wildman–Crippen MR) is 61.5 cm³/mol. The van der Waals surface area contributed by atoms with Crippen LogP contribution in [-0.2, 0) is 13.6 Å². The third kappa shape index (κ3) is 2.03. The van der Waals surface area contributed by atoms with Crippen molar-refractivity contribution in [2.24, 2.45) is 12.8 Å². The smallest absolute Gasteiger partial charge is 0.0968 e. The van der Waals surface area contributed by atoms with E-state index in [1.807, 2.05) is 37.5 Å². The lowest BCUT2D eigenvalue weighted by molar-refractivity contribution is 0.769. The van der Waals surface area contributed by atoms with E-state index < -0.39 is 0 Å². The summed E-state index contributed by atoms with van der Waals surface area (Å²) >= 11 is 5.93. The van der Waals surface area contributed by atoms with Crippen molar-refractivity contribution in [2.75, 3.05) is 0 Å². The molecule has 3 nitrogen and oxygen atoms in total. The highest BCUT2D eigenvalue weighted by Crippen LogP contribution is 2.24. The molecule has 0 aliphatic rings. The summed E-state index contributed by atoms with van der Waals surface area (Å²) in [5, 5.41) is 5.08. The molecule has 0 saturated carbocycles. The molecule has 1 aromatic heterocycles. The summed E-state index contributed by atoms with van der Waals surface area (Å²) in [6, 6.07) is 7.62. The maximum absolute atomic E-state index is 5.93. The largest absolute Gasteiger partial charge is 0.326 e. The van der Waals surface area contributed by atoms with Crippen LogP contribution in [0.25, 0.3) is 11.3 Å². The molecule has 1 heterocycles. The number of hydrogen-bond donors (Lipinski definition) is 1. The molecule has 2 aromatic rings. The van der Waals surface area contributed by atoms with Gasteiger partial charge in [-0.05, 0) is 12.1 Å². The molecule has 0 unspecified atom stereocenters. The van der Waals surface area contributed by atoms with E-state index in [2.05, 4.69) is 5.10 Å². The van der Waals surface area contributed by atoms with Gasteiger partial charge in [-0.1, -0.05) is 23.7 Å². The molecule has 0 aliphatic heterocycles. The lowest BCUT2D eigenvalue weighted by Gasteiger charge is -2.00. The molecule has 0 fully saturated rings. The van der Waals surface area contributed by atoms with Crippen molar-refractivity contribution in [1.29, 1.82) is 0 Å². The Bertz CT molecular complexity index is 476. The molecule has 0 bridgehead atoms. The highest BCUT2D eigenvalue weighted by atomic mass is 35.5. The van der Waals surface area contributed by atoms with Gasteiger partial charge in [-0.15, -0.1) is 0 Å². The Labute approximate surface area is 93.5 Å². The molecule has 1 aromatic carbocycles. The molecule has 2 N–H and O–H groups in total. The van der Waals surface area contributed by atoms with Crippen LogP contribution < -0.4 is 5.73 Å². The van der Waals surface area contributed by atoms with Gasteiger partial charge in [-0.25, -0.2) is 0 Å². The minimum Gasteiger partial charge on any atom is -0.326 e. The average molecular weight is 222 g/mol. The summed E-state index contributed by atoms with van der Waals surface area (Å²) in [4.78, 5) is 0. The monoisotopic (exact) mass is 221 g/mol. The molecule has 4 heteroatoms. The fourth-order valence-corrected chi connectivity index (χ4v) is 1.76. The van der Waals surface area contributed by atoms with Crippen LogP contribution in [0.4, 0.5) is 0 Å². The zero-order chi connectivity index (χ0) is 10.8. The maximum atomic E-state index is 5.93. The Morgan fingerprint density at radius 2 is 2.27 bits per heavy atom. The number of aromatic nitrogens is 2. The van der Waals surface area contributed by atoms with Crippen molar-refractivity contribution in [3.63, 3.8) is 0 Å². The Balaban J connectivity index is 2.53. The highest BCUT2D eigenvalue weighted by molar-refractivity contribution is 6.30. The SMILES string of the molecule is Cn1cc(CN)c(-c2cccc(Cl)c2)n1. The van der Waals surface area contributed by atoms with E-state index in [1.165, 1.54) is 0 Å². The van der Waals surface area contributed by atoms with Crippen LogP contribution in [0.15, 0.2) is 30.5 Å². The molecule has 0 amide bonds. The Morgan fingerprint density at radius 1 is 1.47 bits per heavy atom. The molecule has 0 radical (unpaired) electrons. The Kier molecular flexibility index (Phi) is 2.75. The summed E-state index contributed by atoms with van der Waals surface area (Å²) in [7, 11) is 1.88. The quantitative estimate of drug-likeness (QED) is 0.845. The van der Waals surface area contributed by atoms with Crippen molar-refractivity contribution in [1.82, 2.24) is 9.78 Å². The van der Waals surface area contributed by atoms with Gasteiger partial charge in [0, 0.05) is 35.9 Å². The van der Waals surface area contributed by atoms with Gasteiger partial charge in [0.25, 0.3) is 0 Å². The molecular formula is C11H12ClN3. The lowest BCUT2D eigenvalue weighted by atomic mass is 10.1. The first-order valence-corrected chi connectivity index (χ1v) is 5.07. The van der Waals surface area contributed by atoms with Crippen LogP contribution in [0.2, 0.25) is 5.02 Å². The van der Waals surface area contributed by atoms with Crippen LogP contribution in [0.1, 0.15) is 5.56 Å². The van der Waals surface area contributed by atoms with E-state index in [0.29, 0.717) is 11.6 Å². The van der Waals surface area contributed by atoms with Crippen molar-refractivity contribution >= 4 is 11.6 Å². The van der Waals surface area contributed by atoms with Gasteiger partial charge >= 0.3 is 0 Å². The zero-order valence-electron chi connectivity index (χ0n) is 8.44. The van der Waals surface area contributed by atoms with Gasteiger partial charge < -0.3 is 5.73 Å². The molecule has 0 spiro atoms. The van der Waals surface area contributed by atoms with E-state index >= 15 is 0 Å². The number of nitrogens with two attached hydrogens (primary N) is 1. The summed E-state index contributed by atoms with van der Waals surface area (Å²) in [5.41, 5.74) is 8.59. The number of halogens is 1. The van der Waals surface area contributed by atoms with E-state index in [1.54, 1.807) is 4.68 Å². The standard InChI is InChI=1S/C11H12ClN3/c1-15-7-9(6-13)11(14-15)8-3-2-4-10(12)5-8/h2-5,7H,6,13H2,1H3. The highest BCUT2D eigenvalue weighted by Gasteiger charge is 2.08. The summed E-state index contributed by atoms with van der Waals surface area (Å²) in [6.07, 6.45) is 1.93.